The normalized spacial score (nSPS) is 24.3. The van der Waals surface area contributed by atoms with Gasteiger partial charge in [-0.05, 0) is 51.6 Å². The van der Waals surface area contributed by atoms with Gasteiger partial charge in [-0.2, -0.15) is 0 Å². The molecule has 1 heterocycles. The number of likely N-dealkylation sites (N-methyl/N-ethyl adjacent to an activating group) is 1. The van der Waals surface area contributed by atoms with Gasteiger partial charge in [0.15, 0.2) is 0 Å². The van der Waals surface area contributed by atoms with Crippen molar-refractivity contribution in [1.29, 1.82) is 0 Å². The van der Waals surface area contributed by atoms with E-state index in [0.29, 0.717) is 0 Å². The average Bonchev–Trinajstić information content (AvgIpc) is 2.48. The molecule has 1 aliphatic rings. The molecule has 19 heavy (non-hydrogen) atoms. The van der Waals surface area contributed by atoms with Gasteiger partial charge in [-0.15, -0.1) is 0 Å². The number of rotatable bonds is 2. The second kappa shape index (κ2) is 5.81. The Morgan fingerprint density at radius 1 is 1.32 bits per heavy atom. The Morgan fingerprint density at radius 2 is 1.95 bits per heavy atom. The van der Waals surface area contributed by atoms with Gasteiger partial charge in [0.1, 0.15) is 0 Å². The monoisotopic (exact) mass is 326 g/mol. The fourth-order valence-corrected chi connectivity index (χ4v) is 3.18. The lowest BCUT2D eigenvalue weighted by Crippen LogP contribution is -2.52. The third-order valence-corrected chi connectivity index (χ3v) is 4.49. The minimum absolute atomic E-state index is 0.0476. The molecule has 0 aromatic heterocycles. The molecule has 0 amide bonds. The first kappa shape index (κ1) is 14.8. The van der Waals surface area contributed by atoms with E-state index in [1.54, 1.807) is 0 Å². The molecule has 1 aliphatic heterocycles. The van der Waals surface area contributed by atoms with Crippen LogP contribution >= 0.6 is 15.9 Å². The van der Waals surface area contributed by atoms with Crippen LogP contribution in [0, 0.1) is 0 Å². The Labute approximate surface area is 124 Å². The van der Waals surface area contributed by atoms with E-state index in [0.717, 1.165) is 24.0 Å². The van der Waals surface area contributed by atoms with Gasteiger partial charge in [0.05, 0.1) is 12.6 Å². The van der Waals surface area contributed by atoms with Crippen LogP contribution in [0.15, 0.2) is 28.7 Å². The fourth-order valence-electron chi connectivity index (χ4n) is 2.91. The number of hydrogen-bond donors (Lipinski definition) is 1. The zero-order valence-electron chi connectivity index (χ0n) is 11.9. The molecule has 1 saturated heterocycles. The summed E-state index contributed by atoms with van der Waals surface area (Å²) in [7, 11) is 2.13. The first-order chi connectivity index (χ1) is 8.94. The number of anilines is 1. The van der Waals surface area contributed by atoms with Crippen molar-refractivity contribution in [2.45, 2.75) is 31.8 Å². The maximum atomic E-state index is 9.77. The predicted molar refractivity (Wildman–Crippen MR) is 83.7 cm³/mol. The number of benzene rings is 1. The standard InChI is InChI=1S/C15H23BrN2O/c1-15(2)8-9-17(3)10-14(11-19)18(15)13-6-4-12(16)5-7-13/h4-7,14,19H,8-11H2,1-3H3. The van der Waals surface area contributed by atoms with E-state index >= 15 is 0 Å². The van der Waals surface area contributed by atoms with Crippen molar-refractivity contribution in [3.8, 4) is 0 Å². The zero-order chi connectivity index (χ0) is 14.0. The summed E-state index contributed by atoms with van der Waals surface area (Å²) in [6, 6.07) is 8.52. The number of hydrogen-bond acceptors (Lipinski definition) is 3. The molecule has 0 bridgehead atoms. The second-order valence-electron chi connectivity index (χ2n) is 6.01. The molecular weight excluding hydrogens is 304 g/mol. The molecule has 1 N–H and O–H groups in total. The third-order valence-electron chi connectivity index (χ3n) is 3.96. The van der Waals surface area contributed by atoms with Crippen LogP contribution in [0.3, 0.4) is 0 Å². The number of nitrogens with zero attached hydrogens (tertiary/aromatic N) is 2. The molecule has 0 saturated carbocycles. The Bertz CT molecular complexity index is 419. The molecule has 2 rings (SSSR count). The second-order valence-corrected chi connectivity index (χ2v) is 6.92. The maximum absolute atomic E-state index is 9.77. The van der Waals surface area contributed by atoms with Crippen molar-refractivity contribution in [2.75, 3.05) is 31.6 Å². The van der Waals surface area contributed by atoms with Crippen LogP contribution in [0.4, 0.5) is 5.69 Å². The van der Waals surface area contributed by atoms with E-state index in [-0.39, 0.29) is 18.2 Å². The molecule has 1 aromatic carbocycles. The molecule has 0 spiro atoms. The minimum atomic E-state index is 0.0476. The van der Waals surface area contributed by atoms with Gasteiger partial charge in [0, 0.05) is 28.8 Å². The van der Waals surface area contributed by atoms with E-state index in [2.05, 4.69) is 70.9 Å². The summed E-state index contributed by atoms with van der Waals surface area (Å²) < 4.78 is 1.08. The molecule has 0 aliphatic carbocycles. The summed E-state index contributed by atoms with van der Waals surface area (Å²) in [5.41, 5.74) is 1.23. The summed E-state index contributed by atoms with van der Waals surface area (Å²) >= 11 is 3.48. The van der Waals surface area contributed by atoms with Crippen molar-refractivity contribution in [1.82, 2.24) is 4.90 Å². The lowest BCUT2D eigenvalue weighted by molar-refractivity contribution is 0.224. The van der Waals surface area contributed by atoms with E-state index in [1.807, 2.05) is 0 Å². The molecule has 1 fully saturated rings. The van der Waals surface area contributed by atoms with Crippen molar-refractivity contribution in [2.24, 2.45) is 0 Å². The molecule has 3 nitrogen and oxygen atoms in total. The number of halogens is 1. The van der Waals surface area contributed by atoms with Crippen molar-refractivity contribution < 1.29 is 5.11 Å². The Hall–Kier alpha value is -0.580. The molecule has 0 radical (unpaired) electrons. The number of aliphatic hydroxyl groups is 1. The average molecular weight is 327 g/mol. The van der Waals surface area contributed by atoms with Gasteiger partial charge in [-0.1, -0.05) is 15.9 Å². The van der Waals surface area contributed by atoms with Crippen LogP contribution in [-0.4, -0.2) is 48.3 Å². The topological polar surface area (TPSA) is 26.7 Å². The van der Waals surface area contributed by atoms with Gasteiger partial charge >= 0.3 is 0 Å². The largest absolute Gasteiger partial charge is 0.394 e. The van der Waals surface area contributed by atoms with Crippen LogP contribution in [-0.2, 0) is 0 Å². The van der Waals surface area contributed by atoms with E-state index in [9.17, 15) is 5.11 Å². The molecule has 1 aromatic rings. The molecular formula is C15H23BrN2O. The van der Waals surface area contributed by atoms with Crippen molar-refractivity contribution in [3.05, 3.63) is 28.7 Å². The van der Waals surface area contributed by atoms with E-state index < -0.39 is 0 Å². The van der Waals surface area contributed by atoms with Crippen LogP contribution in [0.2, 0.25) is 0 Å². The minimum Gasteiger partial charge on any atom is -0.394 e. The van der Waals surface area contributed by atoms with Gasteiger partial charge in [-0.3, -0.25) is 0 Å². The maximum Gasteiger partial charge on any atom is 0.0653 e. The van der Waals surface area contributed by atoms with Gasteiger partial charge in [0.2, 0.25) is 0 Å². The Morgan fingerprint density at radius 3 is 2.53 bits per heavy atom. The smallest absolute Gasteiger partial charge is 0.0653 e. The van der Waals surface area contributed by atoms with E-state index in [4.69, 9.17) is 0 Å². The highest BCUT2D eigenvalue weighted by molar-refractivity contribution is 9.10. The third kappa shape index (κ3) is 3.30. The Kier molecular flexibility index (Phi) is 4.54. The van der Waals surface area contributed by atoms with Crippen LogP contribution < -0.4 is 4.90 Å². The highest BCUT2D eigenvalue weighted by Gasteiger charge is 2.35. The van der Waals surface area contributed by atoms with Crippen LogP contribution in [0.25, 0.3) is 0 Å². The summed E-state index contributed by atoms with van der Waals surface area (Å²) in [5, 5.41) is 9.77. The summed E-state index contributed by atoms with van der Waals surface area (Å²) in [6.45, 7) is 6.67. The highest BCUT2D eigenvalue weighted by Crippen LogP contribution is 2.32. The lowest BCUT2D eigenvalue weighted by atomic mass is 9.96. The molecule has 4 heteroatoms. The Balaban J connectivity index is 2.38. The van der Waals surface area contributed by atoms with E-state index in [1.165, 1.54) is 5.69 Å². The zero-order valence-corrected chi connectivity index (χ0v) is 13.5. The SMILES string of the molecule is CN1CCC(C)(C)N(c2ccc(Br)cc2)C(CO)C1. The summed E-state index contributed by atoms with van der Waals surface area (Å²) in [6.07, 6.45) is 1.09. The predicted octanol–water partition coefficient (Wildman–Crippen LogP) is 2.73. The quantitative estimate of drug-likeness (QED) is 0.905. The van der Waals surface area contributed by atoms with Gasteiger partial charge in [0.25, 0.3) is 0 Å². The highest BCUT2D eigenvalue weighted by atomic mass is 79.9. The van der Waals surface area contributed by atoms with Crippen LogP contribution in [0.5, 0.6) is 0 Å². The van der Waals surface area contributed by atoms with Crippen molar-refractivity contribution >= 4 is 21.6 Å². The molecule has 106 valence electrons. The first-order valence-corrected chi connectivity index (χ1v) is 7.57. The molecule has 1 atom stereocenters. The fraction of sp³-hybridized carbons (Fsp3) is 0.600. The van der Waals surface area contributed by atoms with Gasteiger partial charge < -0.3 is 14.9 Å². The lowest BCUT2D eigenvalue weighted by Gasteiger charge is -2.43. The van der Waals surface area contributed by atoms with Crippen molar-refractivity contribution in [3.63, 3.8) is 0 Å². The molecule has 1 unspecified atom stereocenters. The summed E-state index contributed by atoms with van der Waals surface area (Å²) in [4.78, 5) is 4.68. The van der Waals surface area contributed by atoms with Crippen LogP contribution in [0.1, 0.15) is 20.3 Å². The van der Waals surface area contributed by atoms with Gasteiger partial charge in [-0.25, -0.2) is 0 Å². The number of aliphatic hydroxyl groups excluding tert-OH is 1. The summed E-state index contributed by atoms with van der Waals surface area (Å²) in [5.74, 6) is 0. The first-order valence-electron chi connectivity index (χ1n) is 6.78.